The van der Waals surface area contributed by atoms with E-state index >= 15 is 0 Å². The van der Waals surface area contributed by atoms with Crippen molar-refractivity contribution in [2.24, 2.45) is 0 Å². The van der Waals surface area contributed by atoms with Gasteiger partial charge in [-0.3, -0.25) is 0 Å². The lowest BCUT2D eigenvalue weighted by Crippen LogP contribution is -2.06. The summed E-state index contributed by atoms with van der Waals surface area (Å²) in [5, 5.41) is 27.5. The molecule has 1 atom stereocenters. The van der Waals surface area contributed by atoms with Gasteiger partial charge in [-0.25, -0.2) is 4.79 Å². The van der Waals surface area contributed by atoms with Crippen molar-refractivity contribution < 1.29 is 20.1 Å². The molecule has 1 aromatic rings. The predicted octanol–water partition coefficient (Wildman–Crippen LogP) is 1.53. The van der Waals surface area contributed by atoms with E-state index in [0.717, 1.165) is 0 Å². The number of hydrogen-bond acceptors (Lipinski definition) is 3. The van der Waals surface area contributed by atoms with E-state index in [2.05, 4.69) is 0 Å². The highest BCUT2D eigenvalue weighted by atomic mass is 16.4. The van der Waals surface area contributed by atoms with Crippen molar-refractivity contribution in [2.45, 2.75) is 19.4 Å². The molecule has 0 radical (unpaired) electrons. The zero-order valence-electron chi connectivity index (χ0n) is 7.77. The Morgan fingerprint density at radius 1 is 1.50 bits per heavy atom. The molecule has 0 aromatic heterocycles. The van der Waals surface area contributed by atoms with Crippen molar-refractivity contribution in [1.82, 2.24) is 0 Å². The molecular weight excluding hydrogens is 184 g/mol. The molecular formula is C10H12O4. The number of aliphatic hydroxyl groups is 1. The first kappa shape index (κ1) is 10.5. The summed E-state index contributed by atoms with van der Waals surface area (Å²) in [7, 11) is 0. The van der Waals surface area contributed by atoms with Gasteiger partial charge < -0.3 is 15.3 Å². The fourth-order valence-corrected chi connectivity index (χ4v) is 1.24. The molecule has 0 aliphatic heterocycles. The Kier molecular flexibility index (Phi) is 3.09. The Labute approximate surface area is 81.4 Å². The minimum absolute atomic E-state index is 0.0251. The molecule has 1 aromatic carbocycles. The molecule has 0 fully saturated rings. The molecule has 76 valence electrons. The van der Waals surface area contributed by atoms with E-state index in [0.29, 0.717) is 6.42 Å². The molecule has 0 aliphatic carbocycles. The summed E-state index contributed by atoms with van der Waals surface area (Å²) in [6.07, 6.45) is -0.447. The van der Waals surface area contributed by atoms with Crippen LogP contribution in [-0.2, 0) is 0 Å². The fraction of sp³-hybridized carbons (Fsp3) is 0.300. The van der Waals surface area contributed by atoms with E-state index in [9.17, 15) is 9.90 Å². The molecule has 0 saturated carbocycles. The van der Waals surface area contributed by atoms with Gasteiger partial charge in [0.2, 0.25) is 0 Å². The van der Waals surface area contributed by atoms with Crippen LogP contribution in [0.3, 0.4) is 0 Å². The summed E-state index contributed by atoms with van der Waals surface area (Å²) >= 11 is 0. The number of hydrogen-bond donors (Lipinski definition) is 3. The first-order chi connectivity index (χ1) is 6.56. The minimum Gasteiger partial charge on any atom is -0.508 e. The van der Waals surface area contributed by atoms with Crippen LogP contribution in [0.4, 0.5) is 0 Å². The molecule has 0 heterocycles. The standard InChI is InChI=1S/C10H12O4/c1-2-9(12)8-5-6(11)3-4-7(8)10(13)14/h3-5,9,11-12H,2H2,1H3,(H,13,14). The smallest absolute Gasteiger partial charge is 0.336 e. The van der Waals surface area contributed by atoms with Crippen LogP contribution in [-0.4, -0.2) is 21.3 Å². The number of phenolic OH excluding ortho intramolecular Hbond substituents is 1. The third-order valence-corrected chi connectivity index (χ3v) is 2.01. The third-order valence-electron chi connectivity index (χ3n) is 2.01. The van der Waals surface area contributed by atoms with Gasteiger partial charge >= 0.3 is 5.97 Å². The zero-order chi connectivity index (χ0) is 10.7. The summed E-state index contributed by atoms with van der Waals surface area (Å²) in [4.78, 5) is 10.8. The molecule has 0 amide bonds. The molecule has 0 aliphatic rings. The Bertz CT molecular complexity index is 346. The van der Waals surface area contributed by atoms with Crippen molar-refractivity contribution in [3.05, 3.63) is 29.3 Å². The van der Waals surface area contributed by atoms with Gasteiger partial charge in [-0.1, -0.05) is 6.92 Å². The van der Waals surface area contributed by atoms with E-state index in [-0.39, 0.29) is 16.9 Å². The highest BCUT2D eigenvalue weighted by Gasteiger charge is 2.15. The van der Waals surface area contributed by atoms with Gasteiger partial charge in [0.25, 0.3) is 0 Å². The first-order valence-corrected chi connectivity index (χ1v) is 4.30. The van der Waals surface area contributed by atoms with Crippen molar-refractivity contribution in [2.75, 3.05) is 0 Å². The summed E-state index contributed by atoms with van der Waals surface area (Å²) in [6.45, 7) is 1.74. The van der Waals surface area contributed by atoms with Crippen LogP contribution in [0.1, 0.15) is 35.4 Å². The quantitative estimate of drug-likeness (QED) is 0.685. The number of phenols is 1. The Morgan fingerprint density at radius 3 is 2.64 bits per heavy atom. The van der Waals surface area contributed by atoms with E-state index in [1.807, 2.05) is 0 Å². The van der Waals surface area contributed by atoms with Crippen molar-refractivity contribution >= 4 is 5.97 Å². The van der Waals surface area contributed by atoms with Crippen LogP contribution >= 0.6 is 0 Å². The average Bonchev–Trinajstić information content (AvgIpc) is 2.16. The monoisotopic (exact) mass is 196 g/mol. The minimum atomic E-state index is -1.10. The molecule has 4 heteroatoms. The van der Waals surface area contributed by atoms with Crippen LogP contribution in [0.5, 0.6) is 5.75 Å². The maximum absolute atomic E-state index is 10.8. The summed E-state index contributed by atoms with van der Waals surface area (Å²) in [5.74, 6) is -1.15. The Hall–Kier alpha value is -1.55. The summed E-state index contributed by atoms with van der Waals surface area (Å²) < 4.78 is 0. The van der Waals surface area contributed by atoms with Crippen molar-refractivity contribution in [3.8, 4) is 5.75 Å². The molecule has 0 bridgehead atoms. The highest BCUT2D eigenvalue weighted by molar-refractivity contribution is 5.89. The van der Waals surface area contributed by atoms with Crippen LogP contribution in [0.25, 0.3) is 0 Å². The first-order valence-electron chi connectivity index (χ1n) is 4.30. The molecule has 1 unspecified atom stereocenters. The number of carboxylic acids is 1. The fourth-order valence-electron chi connectivity index (χ4n) is 1.24. The number of aromatic carboxylic acids is 1. The lowest BCUT2D eigenvalue weighted by molar-refractivity contribution is 0.0688. The lowest BCUT2D eigenvalue weighted by atomic mass is 10.0. The van der Waals surface area contributed by atoms with Gasteiger partial charge in [0.1, 0.15) is 5.75 Å². The summed E-state index contributed by atoms with van der Waals surface area (Å²) in [6, 6.07) is 3.85. The Balaban J connectivity index is 3.22. The molecule has 4 nitrogen and oxygen atoms in total. The van der Waals surface area contributed by atoms with Gasteiger partial charge in [0, 0.05) is 0 Å². The van der Waals surface area contributed by atoms with E-state index in [1.165, 1.54) is 18.2 Å². The molecule has 14 heavy (non-hydrogen) atoms. The number of rotatable bonds is 3. The molecule has 3 N–H and O–H groups in total. The predicted molar refractivity (Wildman–Crippen MR) is 50.3 cm³/mol. The second-order valence-corrected chi connectivity index (χ2v) is 3.00. The number of aromatic hydroxyl groups is 1. The van der Waals surface area contributed by atoms with Crippen LogP contribution in [0.15, 0.2) is 18.2 Å². The molecule has 1 rings (SSSR count). The average molecular weight is 196 g/mol. The second kappa shape index (κ2) is 4.11. The van der Waals surface area contributed by atoms with Crippen LogP contribution in [0.2, 0.25) is 0 Å². The van der Waals surface area contributed by atoms with Crippen LogP contribution in [0, 0.1) is 0 Å². The number of carboxylic acid groups (broad SMARTS) is 1. The second-order valence-electron chi connectivity index (χ2n) is 3.00. The van der Waals surface area contributed by atoms with Gasteiger partial charge in [-0.2, -0.15) is 0 Å². The topological polar surface area (TPSA) is 77.8 Å². The third kappa shape index (κ3) is 2.03. The largest absolute Gasteiger partial charge is 0.508 e. The number of carbonyl (C=O) groups is 1. The van der Waals surface area contributed by atoms with E-state index < -0.39 is 12.1 Å². The lowest BCUT2D eigenvalue weighted by Gasteiger charge is -2.11. The maximum atomic E-state index is 10.8. The van der Waals surface area contributed by atoms with Crippen LogP contribution < -0.4 is 0 Å². The van der Waals surface area contributed by atoms with Gasteiger partial charge in [-0.05, 0) is 30.2 Å². The van der Waals surface area contributed by atoms with Crippen molar-refractivity contribution in [3.63, 3.8) is 0 Å². The van der Waals surface area contributed by atoms with E-state index in [4.69, 9.17) is 10.2 Å². The maximum Gasteiger partial charge on any atom is 0.336 e. The molecule has 0 saturated heterocycles. The summed E-state index contributed by atoms with van der Waals surface area (Å²) in [5.41, 5.74) is 0.275. The SMILES string of the molecule is CCC(O)c1cc(O)ccc1C(=O)O. The van der Waals surface area contributed by atoms with E-state index in [1.54, 1.807) is 6.92 Å². The van der Waals surface area contributed by atoms with Gasteiger partial charge in [0.05, 0.1) is 11.7 Å². The van der Waals surface area contributed by atoms with Gasteiger partial charge in [-0.15, -0.1) is 0 Å². The number of benzene rings is 1. The number of aliphatic hydroxyl groups excluding tert-OH is 1. The molecule has 0 spiro atoms. The van der Waals surface area contributed by atoms with Crippen molar-refractivity contribution in [1.29, 1.82) is 0 Å². The normalized spacial score (nSPS) is 12.4. The Morgan fingerprint density at radius 2 is 2.14 bits per heavy atom. The van der Waals surface area contributed by atoms with Gasteiger partial charge in [0.15, 0.2) is 0 Å². The zero-order valence-corrected chi connectivity index (χ0v) is 7.77. The highest BCUT2D eigenvalue weighted by Crippen LogP contribution is 2.24.